The zero-order valence-electron chi connectivity index (χ0n) is 14.1. The summed E-state index contributed by atoms with van der Waals surface area (Å²) >= 11 is 0. The van der Waals surface area contributed by atoms with Gasteiger partial charge in [0.25, 0.3) is 5.91 Å². The van der Waals surface area contributed by atoms with E-state index < -0.39 is 0 Å². The van der Waals surface area contributed by atoms with Gasteiger partial charge in [0.2, 0.25) is 0 Å². The molecular weight excluding hydrogens is 302 g/mol. The van der Waals surface area contributed by atoms with Gasteiger partial charge in [0.05, 0.1) is 17.7 Å². The van der Waals surface area contributed by atoms with E-state index in [4.69, 9.17) is 10.00 Å². The molecule has 0 N–H and O–H groups in total. The quantitative estimate of drug-likeness (QED) is 0.854. The van der Waals surface area contributed by atoms with Crippen LogP contribution in [0.4, 0.5) is 0 Å². The minimum atomic E-state index is 0.00115. The van der Waals surface area contributed by atoms with Gasteiger partial charge in [-0.3, -0.25) is 4.79 Å². The number of hydrogen-bond donors (Lipinski definition) is 0. The van der Waals surface area contributed by atoms with Crippen molar-refractivity contribution in [3.8, 4) is 6.07 Å². The largest absolute Gasteiger partial charge is 0.375 e. The number of benzene rings is 1. The topological polar surface area (TPSA) is 56.6 Å². The maximum Gasteiger partial charge on any atom is 0.253 e. The molecule has 1 aromatic carbocycles. The summed E-state index contributed by atoms with van der Waals surface area (Å²) in [6.45, 7) is 5.23. The number of piperidine rings is 1. The molecule has 0 aliphatic carbocycles. The lowest BCUT2D eigenvalue weighted by molar-refractivity contribution is 0.0216. The minimum Gasteiger partial charge on any atom is -0.375 e. The van der Waals surface area contributed by atoms with E-state index in [1.807, 2.05) is 4.90 Å². The number of hydrogen-bond acceptors (Lipinski definition) is 4. The Morgan fingerprint density at radius 3 is 2.83 bits per heavy atom. The summed E-state index contributed by atoms with van der Waals surface area (Å²) in [6.07, 6.45) is 4.78. The molecule has 2 saturated heterocycles. The second-order valence-corrected chi connectivity index (χ2v) is 6.65. The van der Waals surface area contributed by atoms with Crippen molar-refractivity contribution in [3.63, 3.8) is 0 Å². The Morgan fingerprint density at radius 1 is 1.21 bits per heavy atom. The molecule has 1 amide bonds. The maximum atomic E-state index is 12.8. The van der Waals surface area contributed by atoms with Gasteiger partial charge < -0.3 is 14.5 Å². The first-order valence-corrected chi connectivity index (χ1v) is 8.89. The fraction of sp³-hybridized carbons (Fsp3) is 0.579. The fourth-order valence-electron chi connectivity index (χ4n) is 3.52. The number of ether oxygens (including phenoxy) is 1. The second-order valence-electron chi connectivity index (χ2n) is 6.65. The van der Waals surface area contributed by atoms with Crippen molar-refractivity contribution >= 4 is 5.91 Å². The van der Waals surface area contributed by atoms with Crippen molar-refractivity contribution in [1.29, 1.82) is 5.26 Å². The van der Waals surface area contributed by atoms with E-state index in [-0.39, 0.29) is 12.0 Å². The van der Waals surface area contributed by atoms with E-state index in [2.05, 4.69) is 11.0 Å². The zero-order valence-corrected chi connectivity index (χ0v) is 14.1. The predicted octanol–water partition coefficient (Wildman–Crippen LogP) is 2.28. The Kier molecular flexibility index (Phi) is 5.84. The van der Waals surface area contributed by atoms with Gasteiger partial charge in [-0.25, -0.2) is 0 Å². The Hall–Kier alpha value is -1.90. The lowest BCUT2D eigenvalue weighted by Gasteiger charge is -2.31. The van der Waals surface area contributed by atoms with Crippen molar-refractivity contribution in [2.75, 3.05) is 39.3 Å². The van der Waals surface area contributed by atoms with Gasteiger partial charge in [-0.2, -0.15) is 5.26 Å². The molecule has 5 nitrogen and oxygen atoms in total. The summed E-state index contributed by atoms with van der Waals surface area (Å²) in [4.78, 5) is 17.1. The average Bonchev–Trinajstić information content (AvgIpc) is 2.87. The van der Waals surface area contributed by atoms with Crippen LogP contribution in [0.3, 0.4) is 0 Å². The van der Waals surface area contributed by atoms with Crippen LogP contribution < -0.4 is 0 Å². The van der Waals surface area contributed by atoms with E-state index >= 15 is 0 Å². The highest BCUT2D eigenvalue weighted by Gasteiger charge is 2.25. The molecule has 2 aliphatic rings. The summed E-state index contributed by atoms with van der Waals surface area (Å²) in [7, 11) is 0. The van der Waals surface area contributed by atoms with Gasteiger partial charge in [-0.1, -0.05) is 12.5 Å². The Balaban J connectivity index is 1.65. The van der Waals surface area contributed by atoms with E-state index in [0.717, 1.165) is 26.1 Å². The van der Waals surface area contributed by atoms with Crippen LogP contribution in [0.5, 0.6) is 0 Å². The molecule has 0 spiro atoms. The van der Waals surface area contributed by atoms with E-state index in [0.29, 0.717) is 30.8 Å². The van der Waals surface area contributed by atoms with Crippen LogP contribution in [0.15, 0.2) is 24.3 Å². The Bertz CT molecular complexity index is 605. The molecule has 2 heterocycles. The molecule has 0 bridgehead atoms. The van der Waals surface area contributed by atoms with Crippen LogP contribution in [0.2, 0.25) is 0 Å². The third-order valence-corrected chi connectivity index (χ3v) is 4.79. The lowest BCUT2D eigenvalue weighted by atomic mass is 10.1. The summed E-state index contributed by atoms with van der Waals surface area (Å²) in [5.74, 6) is 0.00115. The smallest absolute Gasteiger partial charge is 0.253 e. The first kappa shape index (κ1) is 16.9. The third kappa shape index (κ3) is 4.34. The van der Waals surface area contributed by atoms with Crippen molar-refractivity contribution in [1.82, 2.24) is 9.80 Å². The van der Waals surface area contributed by atoms with E-state index in [1.165, 1.54) is 19.3 Å². The van der Waals surface area contributed by atoms with Crippen molar-refractivity contribution < 1.29 is 9.53 Å². The van der Waals surface area contributed by atoms with Crippen LogP contribution in [-0.4, -0.2) is 61.1 Å². The van der Waals surface area contributed by atoms with Crippen LogP contribution in [-0.2, 0) is 4.74 Å². The van der Waals surface area contributed by atoms with Crippen LogP contribution in [0, 0.1) is 11.3 Å². The third-order valence-electron chi connectivity index (χ3n) is 4.79. The van der Waals surface area contributed by atoms with E-state index in [9.17, 15) is 4.79 Å². The van der Waals surface area contributed by atoms with Crippen molar-refractivity contribution in [2.24, 2.45) is 0 Å². The standard InChI is InChI=1S/C19H25N3O2/c20-13-16-6-4-7-17(12-16)19(23)22-10-5-11-24-18(15-22)14-21-8-2-1-3-9-21/h4,6-7,12,18H,1-3,5,8-11,14-15H2/t18-/m1/s1. The molecule has 3 rings (SSSR count). The number of carbonyl (C=O) groups excluding carboxylic acids is 1. The molecule has 5 heteroatoms. The summed E-state index contributed by atoms with van der Waals surface area (Å²) in [6, 6.07) is 9.05. The van der Waals surface area contributed by atoms with Crippen LogP contribution in [0.25, 0.3) is 0 Å². The predicted molar refractivity (Wildman–Crippen MR) is 91.7 cm³/mol. The number of carbonyl (C=O) groups is 1. The number of rotatable bonds is 3. The molecule has 2 aliphatic heterocycles. The fourth-order valence-corrected chi connectivity index (χ4v) is 3.52. The molecule has 1 atom stereocenters. The van der Waals surface area contributed by atoms with Crippen LogP contribution in [0.1, 0.15) is 41.6 Å². The monoisotopic (exact) mass is 327 g/mol. The first-order valence-electron chi connectivity index (χ1n) is 8.89. The van der Waals surface area contributed by atoms with Gasteiger partial charge in [0.1, 0.15) is 0 Å². The molecule has 1 aromatic rings. The molecule has 0 unspecified atom stereocenters. The Morgan fingerprint density at radius 2 is 2.04 bits per heavy atom. The maximum absolute atomic E-state index is 12.8. The van der Waals surface area contributed by atoms with Crippen molar-refractivity contribution in [3.05, 3.63) is 35.4 Å². The van der Waals surface area contributed by atoms with Gasteiger partial charge in [-0.05, 0) is 50.6 Å². The molecule has 0 saturated carbocycles. The molecule has 0 aromatic heterocycles. The first-order chi connectivity index (χ1) is 11.8. The summed E-state index contributed by atoms with van der Waals surface area (Å²) in [5.41, 5.74) is 1.12. The van der Waals surface area contributed by atoms with Gasteiger partial charge >= 0.3 is 0 Å². The highest BCUT2D eigenvalue weighted by molar-refractivity contribution is 5.94. The molecule has 128 valence electrons. The lowest BCUT2D eigenvalue weighted by Crippen LogP contribution is -2.43. The zero-order chi connectivity index (χ0) is 16.8. The van der Waals surface area contributed by atoms with Gasteiger partial charge in [0.15, 0.2) is 0 Å². The van der Waals surface area contributed by atoms with E-state index in [1.54, 1.807) is 24.3 Å². The van der Waals surface area contributed by atoms with Crippen LogP contribution >= 0.6 is 0 Å². The molecular formula is C19H25N3O2. The van der Waals surface area contributed by atoms with Gasteiger partial charge in [-0.15, -0.1) is 0 Å². The summed E-state index contributed by atoms with van der Waals surface area (Å²) in [5, 5.41) is 9.02. The summed E-state index contributed by atoms with van der Waals surface area (Å²) < 4.78 is 5.98. The SMILES string of the molecule is N#Cc1cccc(C(=O)N2CCCO[C@H](CN3CCCCC3)C2)c1. The molecule has 24 heavy (non-hydrogen) atoms. The molecule has 0 radical (unpaired) electrons. The number of nitrogens with zero attached hydrogens (tertiary/aromatic N) is 3. The number of likely N-dealkylation sites (tertiary alicyclic amines) is 1. The average molecular weight is 327 g/mol. The molecule has 2 fully saturated rings. The van der Waals surface area contributed by atoms with Gasteiger partial charge in [0, 0.05) is 31.8 Å². The highest BCUT2D eigenvalue weighted by Crippen LogP contribution is 2.15. The Labute approximate surface area is 143 Å². The minimum absolute atomic E-state index is 0.00115. The second kappa shape index (κ2) is 8.27. The van der Waals surface area contributed by atoms with Crippen molar-refractivity contribution in [2.45, 2.75) is 31.8 Å². The number of nitriles is 1. The highest BCUT2D eigenvalue weighted by atomic mass is 16.5. The normalized spacial score (nSPS) is 22.6. The number of amides is 1.